The third-order valence-corrected chi connectivity index (χ3v) is 9.11. The molecule has 0 saturated carbocycles. The number of hydrogen-bond donors (Lipinski definition) is 2. The summed E-state index contributed by atoms with van der Waals surface area (Å²) in [5.41, 5.74) is 0. The highest BCUT2D eigenvalue weighted by Crippen LogP contribution is 2.38. The molecule has 276 valence electrons. The zero-order valence-electron chi connectivity index (χ0n) is 31.0. The van der Waals surface area contributed by atoms with Crippen molar-refractivity contribution in [3.63, 3.8) is 0 Å². The van der Waals surface area contributed by atoms with Crippen molar-refractivity contribution in [2.45, 2.75) is 161 Å². The first-order chi connectivity index (χ1) is 22.5. The summed E-state index contributed by atoms with van der Waals surface area (Å²) in [6, 6.07) is -0.903. The number of hydrogen-bond acceptors (Lipinski definition) is 6. The number of phosphoric acid groups is 1. The van der Waals surface area contributed by atoms with E-state index in [0.717, 1.165) is 25.7 Å². The van der Waals surface area contributed by atoms with Gasteiger partial charge in [0.15, 0.2) is 0 Å². The molecule has 0 aliphatic heterocycles. The zero-order valence-corrected chi connectivity index (χ0v) is 31.9. The molecular formula is C38H73N2O6P. The Morgan fingerprint density at radius 1 is 0.723 bits per heavy atom. The van der Waals surface area contributed by atoms with Crippen LogP contribution in [0.1, 0.15) is 149 Å². The predicted molar refractivity (Wildman–Crippen MR) is 196 cm³/mol. The van der Waals surface area contributed by atoms with Crippen LogP contribution >= 0.6 is 7.82 Å². The molecule has 0 aliphatic rings. The van der Waals surface area contributed by atoms with E-state index in [4.69, 9.17) is 9.05 Å². The van der Waals surface area contributed by atoms with E-state index in [9.17, 15) is 19.4 Å². The fourth-order valence-corrected chi connectivity index (χ4v) is 5.75. The fourth-order valence-electron chi connectivity index (χ4n) is 5.03. The smallest absolute Gasteiger partial charge is 0.268 e. The number of aliphatic hydroxyl groups is 1. The molecule has 0 rings (SSSR count). The largest absolute Gasteiger partial charge is 0.756 e. The van der Waals surface area contributed by atoms with E-state index in [-0.39, 0.29) is 18.9 Å². The van der Waals surface area contributed by atoms with Crippen molar-refractivity contribution in [2.24, 2.45) is 0 Å². The van der Waals surface area contributed by atoms with Crippen LogP contribution in [-0.2, 0) is 18.4 Å². The number of carbonyl (C=O) groups is 1. The first-order valence-corrected chi connectivity index (χ1v) is 20.3. The Kier molecular flexibility index (Phi) is 29.9. The molecule has 2 N–H and O–H groups in total. The molecule has 9 heteroatoms. The van der Waals surface area contributed by atoms with Gasteiger partial charge in [-0.05, 0) is 38.5 Å². The predicted octanol–water partition coefficient (Wildman–Crippen LogP) is 8.94. The van der Waals surface area contributed by atoms with Gasteiger partial charge >= 0.3 is 0 Å². The highest BCUT2D eigenvalue weighted by Gasteiger charge is 2.22. The van der Waals surface area contributed by atoms with Gasteiger partial charge in [-0.25, -0.2) is 0 Å². The van der Waals surface area contributed by atoms with Gasteiger partial charge < -0.3 is 28.8 Å². The molecule has 0 aromatic carbocycles. The molecule has 3 unspecified atom stereocenters. The zero-order chi connectivity index (χ0) is 35.1. The molecule has 0 bridgehead atoms. The van der Waals surface area contributed by atoms with Crippen LogP contribution in [0.4, 0.5) is 0 Å². The van der Waals surface area contributed by atoms with Gasteiger partial charge in [-0.2, -0.15) is 0 Å². The highest BCUT2D eigenvalue weighted by atomic mass is 31.2. The number of rotatable bonds is 33. The average molecular weight is 685 g/mol. The molecule has 0 aromatic heterocycles. The summed E-state index contributed by atoms with van der Waals surface area (Å²) in [5.74, 6) is -0.301. The van der Waals surface area contributed by atoms with Crippen molar-refractivity contribution in [1.29, 1.82) is 0 Å². The number of allylic oxidation sites excluding steroid dienone is 5. The molecule has 0 heterocycles. The van der Waals surface area contributed by atoms with Crippen molar-refractivity contribution < 1.29 is 32.9 Å². The van der Waals surface area contributed by atoms with Gasteiger partial charge in [0.05, 0.1) is 39.9 Å². The first kappa shape index (κ1) is 45.7. The summed E-state index contributed by atoms with van der Waals surface area (Å²) in [5, 5.41) is 13.2. The number of quaternary nitrogens is 1. The van der Waals surface area contributed by atoms with E-state index in [1.54, 1.807) is 13.0 Å². The van der Waals surface area contributed by atoms with Crippen molar-refractivity contribution >= 4 is 13.7 Å². The topological polar surface area (TPSA) is 108 Å². The number of likely N-dealkylation sites (N-methyl/N-ethyl adjacent to an activating group) is 1. The first-order valence-electron chi connectivity index (χ1n) is 18.9. The SMILES string of the molecule is CCCCCCCCCCCCCCCCC/C=C/CC/C=C/CC/C=C/C(O)C(COP(=O)([O-])OCC[N+](C)(C)C)NC(=O)CC. The summed E-state index contributed by atoms with van der Waals surface area (Å²) in [7, 11) is 1.22. The van der Waals surface area contributed by atoms with Crippen molar-refractivity contribution in [3.05, 3.63) is 36.5 Å². The molecule has 47 heavy (non-hydrogen) atoms. The van der Waals surface area contributed by atoms with E-state index in [1.807, 2.05) is 27.2 Å². The highest BCUT2D eigenvalue weighted by molar-refractivity contribution is 7.45. The van der Waals surface area contributed by atoms with Crippen LogP contribution in [0.5, 0.6) is 0 Å². The normalized spacial score (nSPS) is 15.1. The number of phosphoric ester groups is 1. The quantitative estimate of drug-likeness (QED) is 0.0309. The molecule has 8 nitrogen and oxygen atoms in total. The Morgan fingerprint density at radius 2 is 1.17 bits per heavy atom. The minimum absolute atomic E-state index is 0.0118. The molecule has 1 amide bonds. The van der Waals surface area contributed by atoms with E-state index in [0.29, 0.717) is 11.0 Å². The van der Waals surface area contributed by atoms with Gasteiger partial charge in [-0.15, -0.1) is 0 Å². The average Bonchev–Trinajstić information content (AvgIpc) is 3.02. The van der Waals surface area contributed by atoms with Gasteiger partial charge in [-0.3, -0.25) is 9.36 Å². The summed E-state index contributed by atoms with van der Waals surface area (Å²) < 4.78 is 22.6. The monoisotopic (exact) mass is 685 g/mol. The van der Waals surface area contributed by atoms with Crippen LogP contribution in [0, 0.1) is 0 Å². The Hall–Kier alpha value is -1.28. The lowest BCUT2D eigenvalue weighted by Crippen LogP contribution is -2.45. The van der Waals surface area contributed by atoms with Crippen molar-refractivity contribution in [3.8, 4) is 0 Å². The summed E-state index contributed by atoms with van der Waals surface area (Å²) in [4.78, 5) is 24.1. The van der Waals surface area contributed by atoms with Crippen LogP contribution in [0.25, 0.3) is 0 Å². The minimum atomic E-state index is -4.56. The number of nitrogens with zero attached hydrogens (tertiary/aromatic N) is 1. The van der Waals surface area contributed by atoms with Crippen LogP contribution in [-0.4, -0.2) is 68.5 Å². The van der Waals surface area contributed by atoms with Crippen LogP contribution in [0.3, 0.4) is 0 Å². The molecule has 0 radical (unpaired) electrons. The maximum Gasteiger partial charge on any atom is 0.268 e. The van der Waals surface area contributed by atoms with E-state index >= 15 is 0 Å². The summed E-state index contributed by atoms with van der Waals surface area (Å²) in [6.45, 7) is 4.04. The fraction of sp³-hybridized carbons (Fsp3) is 0.816. The molecule has 0 aliphatic carbocycles. The summed E-state index contributed by atoms with van der Waals surface area (Å²) in [6.07, 6.45) is 37.3. The number of amides is 1. The molecule has 3 atom stereocenters. The van der Waals surface area contributed by atoms with Gasteiger partial charge in [-0.1, -0.05) is 140 Å². The van der Waals surface area contributed by atoms with Crippen LogP contribution in [0.2, 0.25) is 0 Å². The van der Waals surface area contributed by atoms with E-state index in [2.05, 4.69) is 36.5 Å². The van der Waals surface area contributed by atoms with Crippen LogP contribution in [0.15, 0.2) is 36.5 Å². The Bertz CT molecular complexity index is 871. The second-order valence-electron chi connectivity index (χ2n) is 13.9. The summed E-state index contributed by atoms with van der Waals surface area (Å²) >= 11 is 0. The minimum Gasteiger partial charge on any atom is -0.756 e. The molecule has 0 fully saturated rings. The Balaban J connectivity index is 3.94. The number of carbonyl (C=O) groups excluding carboxylic acids is 1. The molecule has 0 aromatic rings. The van der Waals surface area contributed by atoms with E-state index in [1.165, 1.54) is 103 Å². The van der Waals surface area contributed by atoms with Gasteiger partial charge in [0.1, 0.15) is 13.2 Å². The number of nitrogens with one attached hydrogen (secondary N) is 1. The van der Waals surface area contributed by atoms with Crippen molar-refractivity contribution in [2.75, 3.05) is 40.9 Å². The third kappa shape index (κ3) is 33.0. The standard InChI is InChI=1S/C38H73N2O6P/c1-6-8-9-10-11-12-13-14-15-16-17-18-19-20-21-22-23-24-25-26-27-28-29-30-31-32-37(41)36(39-38(42)7-2)35-46-47(43,44)45-34-33-40(3,4)5/h23-24,27-28,31-32,36-37,41H,6-22,25-26,29-30,33-35H2,1-5H3,(H-,39,42,43,44)/b24-23+,28-27+,32-31+. The third-order valence-electron chi connectivity index (χ3n) is 8.14. The lowest BCUT2D eigenvalue weighted by atomic mass is 10.0. The van der Waals surface area contributed by atoms with Gasteiger partial charge in [0.25, 0.3) is 7.82 Å². The lowest BCUT2D eigenvalue weighted by Gasteiger charge is -2.29. The Morgan fingerprint density at radius 3 is 1.64 bits per heavy atom. The van der Waals surface area contributed by atoms with Gasteiger partial charge in [0.2, 0.25) is 5.91 Å². The lowest BCUT2D eigenvalue weighted by molar-refractivity contribution is -0.870. The van der Waals surface area contributed by atoms with Crippen molar-refractivity contribution in [1.82, 2.24) is 5.32 Å². The second-order valence-corrected chi connectivity index (χ2v) is 15.3. The molecule has 0 saturated heterocycles. The van der Waals surface area contributed by atoms with Gasteiger partial charge in [0, 0.05) is 6.42 Å². The Labute approximate surface area is 289 Å². The second kappa shape index (κ2) is 30.8. The maximum atomic E-state index is 12.1. The molecular weight excluding hydrogens is 611 g/mol. The number of unbranched alkanes of at least 4 members (excludes halogenated alkanes) is 17. The number of aliphatic hydroxyl groups excluding tert-OH is 1. The molecule has 0 spiro atoms. The maximum absolute atomic E-state index is 12.1. The van der Waals surface area contributed by atoms with Crippen LogP contribution < -0.4 is 10.2 Å². The van der Waals surface area contributed by atoms with E-state index < -0.39 is 26.6 Å².